The van der Waals surface area contributed by atoms with Gasteiger partial charge in [-0.15, -0.1) is 0 Å². The van der Waals surface area contributed by atoms with E-state index in [9.17, 15) is 9.59 Å². The van der Waals surface area contributed by atoms with Gasteiger partial charge >= 0.3 is 0 Å². The van der Waals surface area contributed by atoms with Crippen molar-refractivity contribution in [3.05, 3.63) is 22.2 Å². The van der Waals surface area contributed by atoms with E-state index in [0.717, 1.165) is 5.57 Å². The lowest BCUT2D eigenvalue weighted by molar-refractivity contribution is -0.131. The molecule has 2 nitrogen and oxygen atoms in total. The SMILES string of the molecule is CC1=C(Br)C(=O)C(=O)C=C1. The lowest BCUT2D eigenvalue weighted by atomic mass is 10.1. The van der Waals surface area contributed by atoms with E-state index in [1.807, 2.05) is 0 Å². The molecule has 0 bridgehead atoms. The van der Waals surface area contributed by atoms with E-state index in [0.29, 0.717) is 4.48 Å². The first-order valence-corrected chi connectivity index (χ1v) is 3.55. The maximum absolute atomic E-state index is 10.8. The molecule has 0 fully saturated rings. The van der Waals surface area contributed by atoms with Crippen LogP contribution in [0.4, 0.5) is 0 Å². The third-order valence-electron chi connectivity index (χ3n) is 1.25. The largest absolute Gasteiger partial charge is 0.286 e. The third-order valence-corrected chi connectivity index (χ3v) is 2.24. The van der Waals surface area contributed by atoms with Gasteiger partial charge < -0.3 is 0 Å². The summed E-state index contributed by atoms with van der Waals surface area (Å²) in [7, 11) is 0. The van der Waals surface area contributed by atoms with Crippen molar-refractivity contribution in [1.82, 2.24) is 0 Å². The zero-order valence-corrected chi connectivity index (χ0v) is 6.94. The van der Waals surface area contributed by atoms with E-state index in [4.69, 9.17) is 0 Å². The quantitative estimate of drug-likeness (QED) is 0.438. The molecule has 0 radical (unpaired) electrons. The minimum atomic E-state index is -0.461. The van der Waals surface area contributed by atoms with Crippen LogP contribution in [-0.4, -0.2) is 11.6 Å². The number of halogens is 1. The van der Waals surface area contributed by atoms with Crippen molar-refractivity contribution >= 4 is 27.5 Å². The van der Waals surface area contributed by atoms with E-state index in [2.05, 4.69) is 15.9 Å². The summed E-state index contributed by atoms with van der Waals surface area (Å²) in [5.74, 6) is -0.919. The summed E-state index contributed by atoms with van der Waals surface area (Å²) in [5.41, 5.74) is 0.796. The van der Waals surface area contributed by atoms with Gasteiger partial charge in [-0.25, -0.2) is 0 Å². The van der Waals surface area contributed by atoms with Gasteiger partial charge in [0.2, 0.25) is 11.6 Å². The van der Waals surface area contributed by atoms with Crippen LogP contribution in [0.2, 0.25) is 0 Å². The number of carbonyl (C=O) groups is 2. The van der Waals surface area contributed by atoms with Crippen LogP contribution in [0.25, 0.3) is 0 Å². The predicted octanol–water partition coefficient (Wildman–Crippen LogP) is 1.36. The molecule has 0 saturated heterocycles. The van der Waals surface area contributed by atoms with Gasteiger partial charge in [-0.05, 0) is 34.5 Å². The Labute approximate surface area is 66.7 Å². The number of hydrogen-bond donors (Lipinski definition) is 0. The number of Topliss-reactive ketones (excluding diaryl/α,β-unsaturated/α-hetero) is 1. The molecule has 0 N–H and O–H groups in total. The molecule has 3 heteroatoms. The van der Waals surface area contributed by atoms with Crippen molar-refractivity contribution in [2.24, 2.45) is 0 Å². The van der Waals surface area contributed by atoms with Gasteiger partial charge in [0.25, 0.3) is 0 Å². The molecule has 0 spiro atoms. The summed E-state index contributed by atoms with van der Waals surface area (Å²) in [5, 5.41) is 0. The zero-order chi connectivity index (χ0) is 7.72. The second-order valence-electron chi connectivity index (χ2n) is 2.02. The number of allylic oxidation sites excluding steroid dienone is 4. The molecule has 1 aliphatic rings. The fourth-order valence-corrected chi connectivity index (χ4v) is 0.964. The van der Waals surface area contributed by atoms with Crippen molar-refractivity contribution in [2.75, 3.05) is 0 Å². The first-order chi connectivity index (χ1) is 4.63. The van der Waals surface area contributed by atoms with Gasteiger partial charge in [0.1, 0.15) is 0 Å². The Morgan fingerprint density at radius 1 is 1.30 bits per heavy atom. The second-order valence-corrected chi connectivity index (χ2v) is 2.82. The average molecular weight is 201 g/mol. The number of hydrogen-bond acceptors (Lipinski definition) is 2. The van der Waals surface area contributed by atoms with Crippen LogP contribution >= 0.6 is 15.9 Å². The molecule has 52 valence electrons. The molecule has 0 heterocycles. The highest BCUT2D eigenvalue weighted by Gasteiger charge is 2.18. The van der Waals surface area contributed by atoms with Gasteiger partial charge in [-0.1, -0.05) is 6.08 Å². The molecule has 0 amide bonds. The Kier molecular flexibility index (Phi) is 1.85. The first-order valence-electron chi connectivity index (χ1n) is 2.76. The molecular weight excluding hydrogens is 196 g/mol. The Hall–Kier alpha value is -0.700. The molecule has 1 rings (SSSR count). The topological polar surface area (TPSA) is 34.1 Å². The van der Waals surface area contributed by atoms with E-state index in [1.54, 1.807) is 13.0 Å². The number of rotatable bonds is 0. The van der Waals surface area contributed by atoms with Gasteiger partial charge in [-0.2, -0.15) is 0 Å². The van der Waals surface area contributed by atoms with Crippen molar-refractivity contribution in [3.8, 4) is 0 Å². The van der Waals surface area contributed by atoms with Crippen LogP contribution in [0.1, 0.15) is 6.92 Å². The van der Waals surface area contributed by atoms with Crippen molar-refractivity contribution < 1.29 is 9.59 Å². The van der Waals surface area contributed by atoms with Crippen LogP contribution in [0.15, 0.2) is 22.2 Å². The summed E-state index contributed by atoms with van der Waals surface area (Å²) < 4.78 is 0.375. The minimum Gasteiger partial charge on any atom is -0.286 e. The monoisotopic (exact) mass is 200 g/mol. The highest BCUT2D eigenvalue weighted by molar-refractivity contribution is 9.12. The Balaban J connectivity index is 3.11. The molecular formula is C7H5BrO2. The highest BCUT2D eigenvalue weighted by Crippen LogP contribution is 2.18. The lowest BCUT2D eigenvalue weighted by Crippen LogP contribution is -2.14. The third kappa shape index (κ3) is 1.09. The molecule has 0 aliphatic heterocycles. The number of ketones is 2. The fraction of sp³-hybridized carbons (Fsp3) is 0.143. The maximum Gasteiger partial charge on any atom is 0.240 e. The maximum atomic E-state index is 10.8. The minimum absolute atomic E-state index is 0.375. The zero-order valence-electron chi connectivity index (χ0n) is 5.35. The Morgan fingerprint density at radius 2 is 1.90 bits per heavy atom. The molecule has 0 atom stereocenters. The highest BCUT2D eigenvalue weighted by atomic mass is 79.9. The standard InChI is InChI=1S/C7H5BrO2/c1-4-2-3-5(9)7(10)6(4)8/h2-3H,1H3. The molecule has 10 heavy (non-hydrogen) atoms. The predicted molar refractivity (Wildman–Crippen MR) is 40.8 cm³/mol. The average Bonchev–Trinajstić information content (AvgIpc) is 1.93. The molecule has 1 aliphatic carbocycles. The van der Waals surface area contributed by atoms with Crippen LogP contribution in [0, 0.1) is 0 Å². The van der Waals surface area contributed by atoms with Gasteiger partial charge in [0.05, 0.1) is 4.48 Å². The molecule has 0 unspecified atom stereocenters. The van der Waals surface area contributed by atoms with Crippen LogP contribution in [0.3, 0.4) is 0 Å². The van der Waals surface area contributed by atoms with Crippen molar-refractivity contribution in [2.45, 2.75) is 6.92 Å². The summed E-state index contributed by atoms with van der Waals surface area (Å²) in [6.07, 6.45) is 2.90. The van der Waals surface area contributed by atoms with Crippen LogP contribution in [0.5, 0.6) is 0 Å². The normalized spacial score (nSPS) is 18.6. The smallest absolute Gasteiger partial charge is 0.240 e. The fourth-order valence-electron chi connectivity index (χ4n) is 0.637. The molecule has 0 aromatic heterocycles. The summed E-state index contributed by atoms with van der Waals surface area (Å²) in [6.45, 7) is 1.77. The van der Waals surface area contributed by atoms with Crippen LogP contribution in [-0.2, 0) is 9.59 Å². The van der Waals surface area contributed by atoms with Crippen molar-refractivity contribution in [1.29, 1.82) is 0 Å². The van der Waals surface area contributed by atoms with Crippen LogP contribution < -0.4 is 0 Å². The van der Waals surface area contributed by atoms with E-state index >= 15 is 0 Å². The molecule has 0 aromatic rings. The second kappa shape index (κ2) is 2.50. The lowest BCUT2D eigenvalue weighted by Gasteiger charge is -2.02. The Morgan fingerprint density at radius 3 is 2.40 bits per heavy atom. The van der Waals surface area contributed by atoms with E-state index in [-0.39, 0.29) is 0 Å². The van der Waals surface area contributed by atoms with E-state index in [1.165, 1.54) is 6.08 Å². The first kappa shape index (κ1) is 7.41. The summed E-state index contributed by atoms with van der Waals surface area (Å²) in [6, 6.07) is 0. The van der Waals surface area contributed by atoms with Crippen molar-refractivity contribution in [3.63, 3.8) is 0 Å². The Bertz CT molecular complexity index is 261. The van der Waals surface area contributed by atoms with Gasteiger partial charge in [0, 0.05) is 0 Å². The number of carbonyl (C=O) groups excluding carboxylic acids is 2. The van der Waals surface area contributed by atoms with Gasteiger partial charge in [0.15, 0.2) is 0 Å². The van der Waals surface area contributed by atoms with E-state index < -0.39 is 11.6 Å². The summed E-state index contributed by atoms with van der Waals surface area (Å²) >= 11 is 3.02. The van der Waals surface area contributed by atoms with Gasteiger partial charge in [-0.3, -0.25) is 9.59 Å². The summed E-state index contributed by atoms with van der Waals surface area (Å²) in [4.78, 5) is 21.5. The molecule has 0 aromatic carbocycles. The molecule has 0 saturated carbocycles.